The van der Waals surface area contributed by atoms with E-state index in [2.05, 4.69) is 4.98 Å². The molecule has 2 N–H and O–H groups in total. The molecule has 0 amide bonds. The third-order valence-electron chi connectivity index (χ3n) is 2.69. The number of para-hydroxylation sites is 1. The van der Waals surface area contributed by atoms with Crippen LogP contribution in [0.25, 0.3) is 21.8 Å². The molecule has 15 heavy (non-hydrogen) atoms. The van der Waals surface area contributed by atoms with Crippen molar-refractivity contribution in [2.75, 3.05) is 0 Å². The van der Waals surface area contributed by atoms with Gasteiger partial charge in [-0.1, -0.05) is 12.1 Å². The van der Waals surface area contributed by atoms with Gasteiger partial charge in [-0.2, -0.15) is 0 Å². The number of benzene rings is 1. The Kier molecular flexibility index (Phi) is 1.51. The molecule has 0 aliphatic rings. The number of H-pyrrole nitrogens is 1. The van der Waals surface area contributed by atoms with E-state index in [9.17, 15) is 5.11 Å². The molecule has 3 heteroatoms. The first kappa shape index (κ1) is 8.29. The molecule has 0 aliphatic carbocycles. The van der Waals surface area contributed by atoms with E-state index in [4.69, 9.17) is 0 Å². The summed E-state index contributed by atoms with van der Waals surface area (Å²) >= 11 is 0. The van der Waals surface area contributed by atoms with Gasteiger partial charge in [0, 0.05) is 16.8 Å². The van der Waals surface area contributed by atoms with Gasteiger partial charge in [-0.3, -0.25) is 0 Å². The molecule has 0 aliphatic heterocycles. The lowest BCUT2D eigenvalue weighted by Gasteiger charge is -1.92. The van der Waals surface area contributed by atoms with Crippen molar-refractivity contribution >= 4 is 21.8 Å². The summed E-state index contributed by atoms with van der Waals surface area (Å²) in [6, 6.07) is 7.61. The van der Waals surface area contributed by atoms with Crippen LogP contribution in [-0.2, 0) is 7.05 Å². The van der Waals surface area contributed by atoms with E-state index >= 15 is 0 Å². The van der Waals surface area contributed by atoms with Crippen molar-refractivity contribution in [1.82, 2.24) is 4.98 Å². The molecule has 0 unspecified atom stereocenters. The summed E-state index contributed by atoms with van der Waals surface area (Å²) in [4.78, 5) is 3.22. The predicted octanol–water partition coefficient (Wildman–Crippen LogP) is 1.85. The smallest absolute Gasteiger partial charge is 0.192 e. The molecule has 2 heterocycles. The van der Waals surface area contributed by atoms with E-state index in [1.54, 1.807) is 6.07 Å². The lowest BCUT2D eigenvalue weighted by Crippen LogP contribution is -2.25. The first-order chi connectivity index (χ1) is 7.25. The Bertz CT molecular complexity index is 655. The summed E-state index contributed by atoms with van der Waals surface area (Å²) in [6.45, 7) is 0. The minimum Gasteiger partial charge on any atom is -0.506 e. The lowest BCUT2D eigenvalue weighted by molar-refractivity contribution is -0.670. The second kappa shape index (κ2) is 2.73. The Morgan fingerprint density at radius 3 is 2.93 bits per heavy atom. The molecule has 1 aromatic carbocycles. The van der Waals surface area contributed by atoms with E-state index in [1.165, 1.54) is 0 Å². The summed E-state index contributed by atoms with van der Waals surface area (Å²) in [5.74, 6) is 0.298. The topological polar surface area (TPSA) is 39.9 Å². The van der Waals surface area contributed by atoms with Crippen molar-refractivity contribution in [2.45, 2.75) is 0 Å². The van der Waals surface area contributed by atoms with Crippen LogP contribution in [0.5, 0.6) is 5.75 Å². The van der Waals surface area contributed by atoms with Gasteiger partial charge >= 0.3 is 0 Å². The second-order valence-corrected chi connectivity index (χ2v) is 3.76. The number of aryl methyl sites for hydroxylation is 1. The zero-order chi connectivity index (χ0) is 10.4. The van der Waals surface area contributed by atoms with Crippen LogP contribution < -0.4 is 4.57 Å². The van der Waals surface area contributed by atoms with Crippen molar-refractivity contribution < 1.29 is 9.67 Å². The largest absolute Gasteiger partial charge is 0.506 e. The molecular formula is C12H11N2O+. The van der Waals surface area contributed by atoms with Gasteiger partial charge in [0.1, 0.15) is 18.3 Å². The second-order valence-electron chi connectivity index (χ2n) is 3.76. The number of nitrogens with one attached hydrogen (secondary N) is 1. The average molecular weight is 199 g/mol. The van der Waals surface area contributed by atoms with Crippen molar-refractivity contribution in [3.63, 3.8) is 0 Å². The maximum absolute atomic E-state index is 9.70. The van der Waals surface area contributed by atoms with Gasteiger partial charge in [0.05, 0.1) is 5.52 Å². The standard InChI is InChI=1S/C12H10N2O/c1-14-6-5-8-9-3-2-4-11(15)12(9)13-10(8)7-14/h2-7,15H,1H3/p+1. The number of aromatic amines is 1. The fraction of sp³-hybridized carbons (Fsp3) is 0.0833. The summed E-state index contributed by atoms with van der Waals surface area (Å²) in [6.07, 6.45) is 4.01. The first-order valence-electron chi connectivity index (χ1n) is 4.84. The van der Waals surface area contributed by atoms with Gasteiger partial charge in [-0.05, 0) is 6.07 Å². The Labute approximate surface area is 86.6 Å². The quantitative estimate of drug-likeness (QED) is 0.533. The lowest BCUT2D eigenvalue weighted by atomic mass is 10.2. The molecule has 0 saturated carbocycles. The number of phenolic OH excluding ortho intramolecular Hbond substituents is 1. The van der Waals surface area contributed by atoms with Crippen molar-refractivity contribution in [3.8, 4) is 5.75 Å². The van der Waals surface area contributed by atoms with Crippen LogP contribution in [0.1, 0.15) is 0 Å². The Morgan fingerprint density at radius 1 is 1.20 bits per heavy atom. The van der Waals surface area contributed by atoms with E-state index in [1.807, 2.05) is 42.2 Å². The molecule has 0 saturated heterocycles. The van der Waals surface area contributed by atoms with Crippen molar-refractivity contribution in [3.05, 3.63) is 36.7 Å². The van der Waals surface area contributed by atoms with Crippen LogP contribution >= 0.6 is 0 Å². The SMILES string of the molecule is C[n+]1ccc2c(c1)[nH]c1c(O)cccc12. The van der Waals surface area contributed by atoms with Gasteiger partial charge < -0.3 is 10.1 Å². The number of pyridine rings is 1. The molecule has 0 atom stereocenters. The van der Waals surface area contributed by atoms with Crippen molar-refractivity contribution in [1.29, 1.82) is 0 Å². The number of phenols is 1. The number of aromatic hydroxyl groups is 1. The van der Waals surface area contributed by atoms with E-state index < -0.39 is 0 Å². The maximum Gasteiger partial charge on any atom is 0.192 e. The average Bonchev–Trinajstić information content (AvgIpc) is 2.57. The molecule has 3 rings (SSSR count). The summed E-state index contributed by atoms with van der Waals surface area (Å²) in [5, 5.41) is 11.9. The van der Waals surface area contributed by atoms with Crippen LogP contribution in [0.15, 0.2) is 36.7 Å². The normalized spacial score (nSPS) is 11.3. The van der Waals surface area contributed by atoms with Gasteiger partial charge in [-0.15, -0.1) is 0 Å². The van der Waals surface area contributed by atoms with Crippen LogP contribution in [0, 0.1) is 0 Å². The van der Waals surface area contributed by atoms with Gasteiger partial charge in [0.15, 0.2) is 12.4 Å². The fourth-order valence-corrected chi connectivity index (χ4v) is 1.96. The maximum atomic E-state index is 9.70. The highest BCUT2D eigenvalue weighted by Gasteiger charge is 2.08. The highest BCUT2D eigenvalue weighted by Crippen LogP contribution is 2.29. The highest BCUT2D eigenvalue weighted by molar-refractivity contribution is 6.08. The predicted molar refractivity (Wildman–Crippen MR) is 58.6 cm³/mol. The van der Waals surface area contributed by atoms with Crippen LogP contribution in [0.2, 0.25) is 0 Å². The summed E-state index contributed by atoms with van der Waals surface area (Å²) < 4.78 is 1.98. The zero-order valence-corrected chi connectivity index (χ0v) is 8.36. The zero-order valence-electron chi connectivity index (χ0n) is 8.36. The first-order valence-corrected chi connectivity index (χ1v) is 4.84. The van der Waals surface area contributed by atoms with Crippen molar-refractivity contribution in [2.24, 2.45) is 7.05 Å². The molecule has 0 spiro atoms. The van der Waals surface area contributed by atoms with Gasteiger partial charge in [0.25, 0.3) is 0 Å². The Hall–Kier alpha value is -2.03. The summed E-state index contributed by atoms with van der Waals surface area (Å²) in [7, 11) is 1.98. The number of nitrogens with zero attached hydrogens (tertiary/aromatic N) is 1. The Balaban J connectivity index is 2.57. The molecule has 2 aromatic heterocycles. The number of hydrogen-bond donors (Lipinski definition) is 2. The van der Waals surface area contributed by atoms with Crippen LogP contribution in [0.4, 0.5) is 0 Å². The number of fused-ring (bicyclic) bond motifs is 3. The molecule has 3 aromatic rings. The molecule has 0 fully saturated rings. The minimum absolute atomic E-state index is 0.298. The van der Waals surface area contributed by atoms with E-state index in [0.29, 0.717) is 5.75 Å². The number of aromatic nitrogens is 2. The Morgan fingerprint density at radius 2 is 2.07 bits per heavy atom. The fourth-order valence-electron chi connectivity index (χ4n) is 1.96. The van der Waals surface area contributed by atoms with Crippen LogP contribution in [0.3, 0.4) is 0 Å². The summed E-state index contributed by atoms with van der Waals surface area (Å²) in [5.41, 5.74) is 1.84. The van der Waals surface area contributed by atoms with E-state index in [0.717, 1.165) is 21.8 Å². The third-order valence-corrected chi connectivity index (χ3v) is 2.69. The molecule has 74 valence electrons. The molecular weight excluding hydrogens is 188 g/mol. The molecule has 0 radical (unpaired) electrons. The molecule has 3 nitrogen and oxygen atoms in total. The highest BCUT2D eigenvalue weighted by atomic mass is 16.3. The third kappa shape index (κ3) is 1.09. The number of rotatable bonds is 0. The number of hydrogen-bond acceptors (Lipinski definition) is 1. The van der Waals surface area contributed by atoms with Crippen LogP contribution in [-0.4, -0.2) is 10.1 Å². The van der Waals surface area contributed by atoms with Gasteiger partial charge in [0.2, 0.25) is 0 Å². The van der Waals surface area contributed by atoms with E-state index in [-0.39, 0.29) is 0 Å². The molecule has 0 bridgehead atoms. The van der Waals surface area contributed by atoms with Gasteiger partial charge in [-0.25, -0.2) is 4.57 Å². The monoisotopic (exact) mass is 199 g/mol. The minimum atomic E-state index is 0.298.